The molecule has 0 saturated heterocycles. The van der Waals surface area contributed by atoms with Crippen LogP contribution in [-0.4, -0.2) is 12.4 Å². The molecule has 0 heterocycles. The molecule has 2 heteroatoms. The zero-order valence-electron chi connectivity index (χ0n) is 17.6. The van der Waals surface area contributed by atoms with E-state index in [2.05, 4.69) is 39.0 Å². The van der Waals surface area contributed by atoms with Crippen LogP contribution in [0.1, 0.15) is 78.6 Å². The van der Waals surface area contributed by atoms with Crippen LogP contribution in [-0.2, 0) is 9.53 Å². The zero-order chi connectivity index (χ0) is 19.4. The molecule has 6 rings (SSSR count). The van der Waals surface area contributed by atoms with Crippen LogP contribution < -0.4 is 0 Å². The lowest BCUT2D eigenvalue weighted by Crippen LogP contribution is -2.45. The van der Waals surface area contributed by atoms with E-state index < -0.39 is 0 Å². The van der Waals surface area contributed by atoms with E-state index in [0.717, 1.165) is 50.9 Å². The molecule has 28 heavy (non-hydrogen) atoms. The second-order valence-electron chi connectivity index (χ2n) is 10.8. The topological polar surface area (TPSA) is 26.3 Å². The van der Waals surface area contributed by atoms with Crippen molar-refractivity contribution in [3.05, 3.63) is 46.3 Å². The summed E-state index contributed by atoms with van der Waals surface area (Å²) in [4.78, 5) is 13.2. The Kier molecular flexibility index (Phi) is 3.17. The van der Waals surface area contributed by atoms with Crippen molar-refractivity contribution in [1.29, 1.82) is 0 Å². The minimum atomic E-state index is -0.152. The fraction of sp³-hybridized carbons (Fsp3) is 0.654. The van der Waals surface area contributed by atoms with Crippen LogP contribution in [0.5, 0.6) is 0 Å². The third-order valence-corrected chi connectivity index (χ3v) is 9.58. The number of hydrogen-bond donors (Lipinski definition) is 0. The van der Waals surface area contributed by atoms with Crippen molar-refractivity contribution >= 4 is 5.78 Å². The van der Waals surface area contributed by atoms with E-state index in [1.54, 1.807) is 16.7 Å². The molecule has 6 aliphatic carbocycles. The first-order chi connectivity index (χ1) is 13.4. The number of carbonyl (C=O) groups is 1. The van der Waals surface area contributed by atoms with Gasteiger partial charge in [0.1, 0.15) is 11.5 Å². The van der Waals surface area contributed by atoms with Crippen molar-refractivity contribution in [3.63, 3.8) is 0 Å². The van der Waals surface area contributed by atoms with E-state index in [9.17, 15) is 4.79 Å². The van der Waals surface area contributed by atoms with Gasteiger partial charge in [-0.3, -0.25) is 4.79 Å². The highest BCUT2D eigenvalue weighted by molar-refractivity contribution is 5.94. The van der Waals surface area contributed by atoms with Gasteiger partial charge in [0.25, 0.3) is 0 Å². The minimum Gasteiger partial charge on any atom is -0.494 e. The van der Waals surface area contributed by atoms with E-state index in [-0.39, 0.29) is 16.2 Å². The second kappa shape index (κ2) is 5.12. The van der Waals surface area contributed by atoms with Crippen molar-refractivity contribution in [2.24, 2.45) is 21.7 Å². The molecule has 2 fully saturated rings. The van der Waals surface area contributed by atoms with Crippen LogP contribution in [0, 0.1) is 21.7 Å². The van der Waals surface area contributed by atoms with Crippen molar-refractivity contribution in [3.8, 4) is 0 Å². The second-order valence-corrected chi connectivity index (χ2v) is 10.8. The average Bonchev–Trinajstić information content (AvgIpc) is 3.31. The number of ketones is 1. The maximum Gasteiger partial charge on any atom is 0.143 e. The van der Waals surface area contributed by atoms with Gasteiger partial charge in [-0.2, -0.15) is 0 Å². The lowest BCUT2D eigenvalue weighted by molar-refractivity contribution is -0.127. The fourth-order valence-electron chi connectivity index (χ4n) is 7.90. The third kappa shape index (κ3) is 1.80. The normalized spacial score (nSPS) is 42.2. The molecule has 0 radical (unpaired) electrons. The maximum atomic E-state index is 13.2. The van der Waals surface area contributed by atoms with Gasteiger partial charge in [-0.25, -0.2) is 0 Å². The van der Waals surface area contributed by atoms with Gasteiger partial charge in [0.15, 0.2) is 0 Å². The molecule has 2 saturated carbocycles. The first kappa shape index (κ1) is 17.3. The van der Waals surface area contributed by atoms with Gasteiger partial charge < -0.3 is 4.74 Å². The Hall–Kier alpha value is -1.57. The molecule has 0 aromatic rings. The van der Waals surface area contributed by atoms with Crippen molar-refractivity contribution in [2.45, 2.75) is 78.6 Å². The lowest BCUT2D eigenvalue weighted by atomic mass is 9.50. The van der Waals surface area contributed by atoms with Crippen LogP contribution >= 0.6 is 0 Å². The molecule has 148 valence electrons. The summed E-state index contributed by atoms with van der Waals surface area (Å²) in [6.45, 7) is 7.69. The highest BCUT2D eigenvalue weighted by atomic mass is 16.5. The van der Waals surface area contributed by atoms with Gasteiger partial charge in [0.05, 0.1) is 12.0 Å². The van der Waals surface area contributed by atoms with E-state index in [4.69, 9.17) is 4.74 Å². The lowest BCUT2D eigenvalue weighted by Gasteiger charge is -2.53. The van der Waals surface area contributed by atoms with Crippen LogP contribution in [0.3, 0.4) is 0 Å². The molecule has 0 bridgehead atoms. The summed E-state index contributed by atoms with van der Waals surface area (Å²) in [5, 5.41) is 0. The van der Waals surface area contributed by atoms with Gasteiger partial charge in [0.2, 0.25) is 0 Å². The largest absolute Gasteiger partial charge is 0.494 e. The molecule has 0 aromatic heterocycles. The zero-order valence-corrected chi connectivity index (χ0v) is 17.6. The number of hydrogen-bond acceptors (Lipinski definition) is 2. The standard InChI is InChI=1S/C26H32O2/c1-4-28-17-5-11-24(3)19-7-12-26-20(6-9-23(26,2)10-8-22(26)27)18(19)16-25(13-14-25)21(24)15-17/h5-6,15H,4,7-14,16H2,1-3H3/t23?,24?,26-/m1/s1. The Bertz CT molecular complexity index is 924. The Labute approximate surface area is 168 Å². The number of ether oxygens (including phenoxy) is 1. The van der Waals surface area contributed by atoms with Crippen molar-refractivity contribution in [2.75, 3.05) is 6.61 Å². The highest BCUT2D eigenvalue weighted by Gasteiger charge is 2.66. The molecule has 0 aliphatic heterocycles. The van der Waals surface area contributed by atoms with Gasteiger partial charge >= 0.3 is 0 Å². The van der Waals surface area contributed by atoms with Gasteiger partial charge in [0, 0.05) is 11.8 Å². The molecule has 3 atom stereocenters. The summed E-state index contributed by atoms with van der Waals surface area (Å²) in [6.07, 6.45) is 17.2. The first-order valence-corrected chi connectivity index (χ1v) is 11.4. The maximum absolute atomic E-state index is 13.2. The Morgan fingerprint density at radius 3 is 2.61 bits per heavy atom. The molecule has 0 N–H and O–H groups in total. The summed E-state index contributed by atoms with van der Waals surface area (Å²) in [7, 11) is 0. The predicted octanol–water partition coefficient (Wildman–Crippen LogP) is 6.20. The molecule has 2 spiro atoms. The molecule has 2 unspecified atom stereocenters. The number of rotatable bonds is 2. The first-order valence-electron chi connectivity index (χ1n) is 11.4. The smallest absolute Gasteiger partial charge is 0.143 e. The number of fused-ring (bicyclic) bond motifs is 4. The molecule has 6 aliphatic rings. The van der Waals surface area contributed by atoms with Gasteiger partial charge in [-0.05, 0) is 98.0 Å². The third-order valence-electron chi connectivity index (χ3n) is 9.58. The summed E-state index contributed by atoms with van der Waals surface area (Å²) in [6, 6.07) is 0. The van der Waals surface area contributed by atoms with Crippen molar-refractivity contribution in [1.82, 2.24) is 0 Å². The van der Waals surface area contributed by atoms with E-state index in [1.807, 2.05) is 0 Å². The Morgan fingerprint density at radius 1 is 1.04 bits per heavy atom. The highest BCUT2D eigenvalue weighted by Crippen LogP contribution is 2.74. The summed E-state index contributed by atoms with van der Waals surface area (Å²) in [5.41, 5.74) is 6.88. The molecule has 2 nitrogen and oxygen atoms in total. The minimum absolute atomic E-state index is 0.133. The predicted molar refractivity (Wildman–Crippen MR) is 111 cm³/mol. The van der Waals surface area contributed by atoms with Crippen molar-refractivity contribution < 1.29 is 9.53 Å². The SMILES string of the molecule is CCOC1=CCC2(C)C(=C1)C1(CC1)CC1=C2CC[C@@]23C(=O)CCC2(C)CC=C13. The quantitative estimate of drug-likeness (QED) is 0.573. The summed E-state index contributed by atoms with van der Waals surface area (Å²) >= 11 is 0. The molecule has 0 amide bonds. The van der Waals surface area contributed by atoms with Gasteiger partial charge in [-0.15, -0.1) is 0 Å². The van der Waals surface area contributed by atoms with Crippen LogP contribution in [0.2, 0.25) is 0 Å². The summed E-state index contributed by atoms with van der Waals surface area (Å²) in [5.74, 6) is 1.63. The van der Waals surface area contributed by atoms with E-state index in [1.165, 1.54) is 24.8 Å². The average molecular weight is 377 g/mol. The molecular formula is C26H32O2. The number of carbonyl (C=O) groups excluding carboxylic acids is 1. The monoisotopic (exact) mass is 376 g/mol. The van der Waals surface area contributed by atoms with E-state index in [0.29, 0.717) is 11.2 Å². The van der Waals surface area contributed by atoms with E-state index >= 15 is 0 Å². The van der Waals surface area contributed by atoms with Crippen LogP contribution in [0.4, 0.5) is 0 Å². The summed E-state index contributed by atoms with van der Waals surface area (Å²) < 4.78 is 5.90. The van der Waals surface area contributed by atoms with Crippen LogP contribution in [0.15, 0.2) is 46.3 Å². The fourth-order valence-corrected chi connectivity index (χ4v) is 7.90. The van der Waals surface area contributed by atoms with Crippen LogP contribution in [0.25, 0.3) is 0 Å². The Balaban J connectivity index is 1.51. The number of allylic oxidation sites excluding steroid dienone is 7. The molecule has 0 aromatic carbocycles. The van der Waals surface area contributed by atoms with Gasteiger partial charge in [-0.1, -0.05) is 25.5 Å². The molecular weight excluding hydrogens is 344 g/mol. The number of Topliss-reactive ketones (excluding diaryl/α,β-unsaturated/α-hetero) is 1. The Morgan fingerprint density at radius 2 is 1.86 bits per heavy atom.